The van der Waals surface area contributed by atoms with Crippen molar-refractivity contribution < 1.29 is 4.79 Å². The molecule has 0 bridgehead atoms. The summed E-state index contributed by atoms with van der Waals surface area (Å²) in [6, 6.07) is 19.8. The Bertz CT molecular complexity index is 1020. The zero-order valence-electron chi connectivity index (χ0n) is 13.7. The molecule has 0 radical (unpaired) electrons. The van der Waals surface area contributed by atoms with Gasteiger partial charge in [0.25, 0.3) is 5.91 Å². The van der Waals surface area contributed by atoms with Gasteiger partial charge in [-0.25, -0.2) is 4.98 Å². The molecule has 0 aliphatic rings. The Hall–Kier alpha value is -2.50. The Morgan fingerprint density at radius 1 is 1.00 bits per heavy atom. The predicted octanol–water partition coefficient (Wildman–Crippen LogP) is 5.84. The molecule has 4 aromatic rings. The van der Waals surface area contributed by atoms with Crippen LogP contribution in [-0.2, 0) is 6.42 Å². The first-order valence-corrected chi connectivity index (χ1v) is 9.73. The average molecular weight is 364 g/mol. The van der Waals surface area contributed by atoms with Crippen LogP contribution in [0.25, 0.3) is 20.1 Å². The number of thiophene rings is 1. The molecule has 1 N–H and O–H groups in total. The highest BCUT2D eigenvalue weighted by Crippen LogP contribution is 2.34. The average Bonchev–Trinajstić information content (AvgIpc) is 3.29. The topological polar surface area (TPSA) is 42.0 Å². The van der Waals surface area contributed by atoms with Crippen molar-refractivity contribution in [3.05, 3.63) is 71.1 Å². The summed E-state index contributed by atoms with van der Waals surface area (Å²) >= 11 is 3.13. The summed E-state index contributed by atoms with van der Waals surface area (Å²) < 4.78 is 1.16. The van der Waals surface area contributed by atoms with Gasteiger partial charge in [-0.3, -0.25) is 4.79 Å². The number of aromatic nitrogens is 1. The summed E-state index contributed by atoms with van der Waals surface area (Å²) in [6.07, 6.45) is 0.887. The van der Waals surface area contributed by atoms with Crippen LogP contribution in [0, 0.1) is 0 Å². The number of aryl methyl sites for hydroxylation is 1. The van der Waals surface area contributed by atoms with Crippen LogP contribution in [-0.4, -0.2) is 10.9 Å². The van der Waals surface area contributed by atoms with Gasteiger partial charge in [-0.2, -0.15) is 0 Å². The fourth-order valence-electron chi connectivity index (χ4n) is 2.69. The molecule has 0 aliphatic carbocycles. The first kappa shape index (κ1) is 16.0. The minimum atomic E-state index is -0.0711. The summed E-state index contributed by atoms with van der Waals surface area (Å²) in [5.74, 6) is -0.0711. The zero-order valence-corrected chi connectivity index (χ0v) is 15.3. The van der Waals surface area contributed by atoms with E-state index < -0.39 is 0 Å². The highest BCUT2D eigenvalue weighted by Gasteiger charge is 2.14. The van der Waals surface area contributed by atoms with Crippen LogP contribution in [0.3, 0.4) is 0 Å². The zero-order chi connectivity index (χ0) is 17.2. The maximum absolute atomic E-state index is 12.6. The Labute approximate surface area is 154 Å². The standard InChI is InChI=1S/C20H16N2OS2/c1-2-13-7-3-4-8-14(13)21-19(23)17-11-12-18(24-17)20-22-15-9-5-6-10-16(15)25-20/h3-12H,2H2,1H3,(H,21,23). The monoisotopic (exact) mass is 364 g/mol. The summed E-state index contributed by atoms with van der Waals surface area (Å²) in [7, 11) is 0. The first-order valence-electron chi connectivity index (χ1n) is 8.09. The number of para-hydroxylation sites is 2. The Morgan fingerprint density at radius 2 is 1.80 bits per heavy atom. The van der Waals surface area contributed by atoms with Gasteiger partial charge >= 0.3 is 0 Å². The molecule has 3 nitrogen and oxygen atoms in total. The lowest BCUT2D eigenvalue weighted by atomic mass is 10.1. The third kappa shape index (κ3) is 3.21. The van der Waals surface area contributed by atoms with Crippen LogP contribution in [0.4, 0.5) is 5.69 Å². The number of amides is 1. The fraction of sp³-hybridized carbons (Fsp3) is 0.100. The van der Waals surface area contributed by atoms with Gasteiger partial charge in [0.1, 0.15) is 5.01 Å². The number of nitrogens with zero attached hydrogens (tertiary/aromatic N) is 1. The number of anilines is 1. The van der Waals surface area contributed by atoms with Crippen molar-refractivity contribution in [2.24, 2.45) is 0 Å². The number of hydrogen-bond acceptors (Lipinski definition) is 4. The van der Waals surface area contributed by atoms with Gasteiger partial charge < -0.3 is 5.32 Å². The molecule has 25 heavy (non-hydrogen) atoms. The number of rotatable bonds is 4. The van der Waals surface area contributed by atoms with Gasteiger partial charge in [-0.15, -0.1) is 22.7 Å². The van der Waals surface area contributed by atoms with Crippen molar-refractivity contribution in [3.8, 4) is 9.88 Å². The van der Waals surface area contributed by atoms with E-state index in [1.54, 1.807) is 11.3 Å². The minimum absolute atomic E-state index is 0.0711. The van der Waals surface area contributed by atoms with Crippen LogP contribution in [0.1, 0.15) is 22.2 Å². The van der Waals surface area contributed by atoms with Gasteiger partial charge in [0.15, 0.2) is 0 Å². The second-order valence-corrected chi connectivity index (χ2v) is 7.73. The Balaban J connectivity index is 1.59. The summed E-state index contributed by atoms with van der Waals surface area (Å²) in [5.41, 5.74) is 3.02. The van der Waals surface area contributed by atoms with Crippen molar-refractivity contribution in [2.45, 2.75) is 13.3 Å². The second-order valence-electron chi connectivity index (χ2n) is 5.62. The predicted molar refractivity (Wildman–Crippen MR) is 107 cm³/mol. The molecule has 2 aromatic heterocycles. The molecule has 0 saturated carbocycles. The highest BCUT2D eigenvalue weighted by molar-refractivity contribution is 7.26. The van der Waals surface area contributed by atoms with Crippen molar-refractivity contribution in [3.63, 3.8) is 0 Å². The molecule has 124 valence electrons. The van der Waals surface area contributed by atoms with E-state index >= 15 is 0 Å². The van der Waals surface area contributed by atoms with E-state index in [-0.39, 0.29) is 5.91 Å². The molecule has 1 amide bonds. The van der Waals surface area contributed by atoms with Crippen molar-refractivity contribution in [1.29, 1.82) is 0 Å². The minimum Gasteiger partial charge on any atom is -0.321 e. The van der Waals surface area contributed by atoms with Gasteiger partial charge in [-0.05, 0) is 42.3 Å². The second kappa shape index (κ2) is 6.78. The van der Waals surface area contributed by atoms with E-state index in [0.717, 1.165) is 37.8 Å². The summed E-state index contributed by atoms with van der Waals surface area (Å²) in [4.78, 5) is 19.0. The maximum Gasteiger partial charge on any atom is 0.265 e. The van der Waals surface area contributed by atoms with E-state index in [4.69, 9.17) is 0 Å². The van der Waals surface area contributed by atoms with E-state index in [0.29, 0.717) is 4.88 Å². The number of fused-ring (bicyclic) bond motifs is 1. The van der Waals surface area contributed by atoms with Gasteiger partial charge in [0, 0.05) is 5.69 Å². The quantitative estimate of drug-likeness (QED) is 0.494. The van der Waals surface area contributed by atoms with Gasteiger partial charge in [0.05, 0.1) is 20.0 Å². The number of thiazole rings is 1. The lowest BCUT2D eigenvalue weighted by Gasteiger charge is -2.08. The number of hydrogen-bond donors (Lipinski definition) is 1. The molecule has 2 aromatic carbocycles. The third-order valence-corrected chi connectivity index (χ3v) is 6.27. The van der Waals surface area contributed by atoms with Crippen LogP contribution in [0.15, 0.2) is 60.7 Å². The molecule has 0 saturated heterocycles. The SMILES string of the molecule is CCc1ccccc1NC(=O)c1ccc(-c2nc3ccccc3s2)s1. The third-order valence-electron chi connectivity index (χ3n) is 3.98. The van der Waals surface area contributed by atoms with Crippen molar-refractivity contribution >= 4 is 44.5 Å². The molecule has 0 atom stereocenters. The van der Waals surface area contributed by atoms with E-state index in [1.807, 2.05) is 54.6 Å². The summed E-state index contributed by atoms with van der Waals surface area (Å²) in [5, 5.41) is 3.98. The number of carbonyl (C=O) groups is 1. The van der Waals surface area contributed by atoms with Gasteiger partial charge in [0.2, 0.25) is 0 Å². The lowest BCUT2D eigenvalue weighted by Crippen LogP contribution is -2.11. The van der Waals surface area contributed by atoms with E-state index in [2.05, 4.69) is 23.3 Å². The Kier molecular flexibility index (Phi) is 4.34. The van der Waals surface area contributed by atoms with Crippen LogP contribution >= 0.6 is 22.7 Å². The first-order chi connectivity index (χ1) is 12.2. The maximum atomic E-state index is 12.6. The molecule has 0 fully saturated rings. The molecule has 0 unspecified atom stereocenters. The van der Waals surface area contributed by atoms with Crippen LogP contribution in [0.2, 0.25) is 0 Å². The lowest BCUT2D eigenvalue weighted by molar-refractivity contribution is 0.103. The summed E-state index contributed by atoms with van der Waals surface area (Å²) in [6.45, 7) is 2.08. The van der Waals surface area contributed by atoms with Crippen molar-refractivity contribution in [1.82, 2.24) is 4.98 Å². The highest BCUT2D eigenvalue weighted by atomic mass is 32.1. The van der Waals surface area contributed by atoms with E-state index in [9.17, 15) is 4.79 Å². The smallest absolute Gasteiger partial charge is 0.265 e. The van der Waals surface area contributed by atoms with Crippen molar-refractivity contribution in [2.75, 3.05) is 5.32 Å². The molecular weight excluding hydrogens is 348 g/mol. The van der Waals surface area contributed by atoms with Crippen LogP contribution < -0.4 is 5.32 Å². The van der Waals surface area contributed by atoms with E-state index in [1.165, 1.54) is 11.3 Å². The fourth-order valence-corrected chi connectivity index (χ4v) is 4.61. The number of carbonyl (C=O) groups excluding carboxylic acids is 1. The van der Waals surface area contributed by atoms with Crippen LogP contribution in [0.5, 0.6) is 0 Å². The number of benzene rings is 2. The molecule has 5 heteroatoms. The number of nitrogens with one attached hydrogen (secondary N) is 1. The Morgan fingerprint density at radius 3 is 2.64 bits per heavy atom. The molecule has 0 aliphatic heterocycles. The van der Waals surface area contributed by atoms with Gasteiger partial charge in [-0.1, -0.05) is 37.3 Å². The molecular formula is C20H16N2OS2. The largest absolute Gasteiger partial charge is 0.321 e. The molecule has 2 heterocycles. The molecule has 4 rings (SSSR count). The molecule has 0 spiro atoms. The normalized spacial score (nSPS) is 10.9.